The monoisotopic (exact) mass is 407 g/mol. The molecule has 0 radical (unpaired) electrons. The first-order valence-electron chi connectivity index (χ1n) is 10.8. The minimum atomic E-state index is -0.185. The molecule has 0 spiro atoms. The van der Waals surface area contributed by atoms with Crippen molar-refractivity contribution in [2.75, 3.05) is 25.5 Å². The summed E-state index contributed by atoms with van der Waals surface area (Å²) in [5.41, 5.74) is 2.72. The van der Waals surface area contributed by atoms with Gasteiger partial charge in [0.1, 0.15) is 0 Å². The molecule has 5 heteroatoms. The number of benzene rings is 2. The number of nitrogens with one attached hydrogen (secondary N) is 1. The fraction of sp³-hybridized carbons (Fsp3) is 0.440. The van der Waals surface area contributed by atoms with Gasteiger partial charge in [-0.05, 0) is 76.5 Å². The van der Waals surface area contributed by atoms with Crippen LogP contribution >= 0.6 is 0 Å². The normalized spacial score (nSPS) is 18.6. The van der Waals surface area contributed by atoms with Gasteiger partial charge in [-0.15, -0.1) is 0 Å². The summed E-state index contributed by atoms with van der Waals surface area (Å²) in [4.78, 5) is 28.9. The zero-order valence-electron chi connectivity index (χ0n) is 18.3. The highest BCUT2D eigenvalue weighted by atomic mass is 16.2. The lowest BCUT2D eigenvalue weighted by Crippen LogP contribution is -2.43. The Hall–Kier alpha value is -2.50. The Morgan fingerprint density at radius 3 is 2.43 bits per heavy atom. The predicted octanol–water partition coefficient (Wildman–Crippen LogP) is 4.20. The summed E-state index contributed by atoms with van der Waals surface area (Å²) in [6, 6.07) is 18.0. The van der Waals surface area contributed by atoms with Crippen LogP contribution in [0.5, 0.6) is 0 Å². The van der Waals surface area contributed by atoms with Crippen molar-refractivity contribution in [1.29, 1.82) is 0 Å². The van der Waals surface area contributed by atoms with Crippen LogP contribution in [0, 0.1) is 0 Å². The zero-order valence-corrected chi connectivity index (χ0v) is 18.3. The third kappa shape index (κ3) is 6.00. The summed E-state index contributed by atoms with van der Waals surface area (Å²) in [5, 5.41) is 2.99. The highest BCUT2D eigenvalue weighted by Crippen LogP contribution is 2.20. The molecule has 2 aromatic rings. The number of anilines is 1. The third-order valence-electron chi connectivity index (χ3n) is 6.12. The summed E-state index contributed by atoms with van der Waals surface area (Å²) in [6.45, 7) is 6.33. The summed E-state index contributed by atoms with van der Waals surface area (Å²) >= 11 is 0. The number of Topliss-reactive ketones (excluding diaryl/α,β-unsaturated/α-hetero) is 1. The second kappa shape index (κ2) is 10.5. The first-order valence-corrected chi connectivity index (χ1v) is 10.8. The van der Waals surface area contributed by atoms with Crippen LogP contribution in [0.1, 0.15) is 49.0 Å². The third-order valence-corrected chi connectivity index (χ3v) is 6.12. The lowest BCUT2D eigenvalue weighted by atomic mass is 10.1. The van der Waals surface area contributed by atoms with Crippen LogP contribution in [0.25, 0.3) is 0 Å². The molecule has 2 aromatic carbocycles. The van der Waals surface area contributed by atoms with Crippen molar-refractivity contribution < 1.29 is 9.59 Å². The van der Waals surface area contributed by atoms with E-state index in [4.69, 9.17) is 0 Å². The van der Waals surface area contributed by atoms with Crippen molar-refractivity contribution in [2.24, 2.45) is 0 Å². The minimum Gasteiger partial charge on any atom is -0.325 e. The number of carbonyl (C=O) groups is 2. The van der Waals surface area contributed by atoms with Crippen LogP contribution in [0.4, 0.5) is 5.69 Å². The van der Waals surface area contributed by atoms with Gasteiger partial charge < -0.3 is 5.32 Å². The van der Waals surface area contributed by atoms with Crippen LogP contribution in [0.2, 0.25) is 0 Å². The Labute approximate surface area is 180 Å². The van der Waals surface area contributed by atoms with E-state index in [1.54, 1.807) is 31.2 Å². The molecule has 2 atom stereocenters. The molecule has 1 N–H and O–H groups in total. The summed E-state index contributed by atoms with van der Waals surface area (Å²) < 4.78 is 0. The largest absolute Gasteiger partial charge is 0.325 e. The number of hydrogen-bond acceptors (Lipinski definition) is 4. The molecule has 0 aromatic heterocycles. The number of rotatable bonds is 7. The molecular formula is C25H33N3O2. The number of ketones is 1. The molecule has 1 fully saturated rings. The molecule has 0 unspecified atom stereocenters. The molecular weight excluding hydrogens is 374 g/mol. The second-order valence-corrected chi connectivity index (χ2v) is 8.32. The van der Waals surface area contributed by atoms with Gasteiger partial charge in [-0.3, -0.25) is 19.4 Å². The predicted molar refractivity (Wildman–Crippen MR) is 122 cm³/mol. The van der Waals surface area contributed by atoms with Gasteiger partial charge in [0.05, 0.1) is 6.04 Å². The molecule has 0 saturated carbocycles. The van der Waals surface area contributed by atoms with E-state index in [1.807, 2.05) is 6.92 Å². The van der Waals surface area contributed by atoms with Crippen molar-refractivity contribution >= 4 is 17.4 Å². The molecule has 1 aliphatic rings. The summed E-state index contributed by atoms with van der Waals surface area (Å²) in [5.74, 6) is 0.0271. The van der Waals surface area contributed by atoms with Gasteiger partial charge in [0.25, 0.3) is 0 Å². The van der Waals surface area contributed by atoms with Crippen molar-refractivity contribution in [3.8, 4) is 0 Å². The van der Waals surface area contributed by atoms with E-state index < -0.39 is 0 Å². The maximum atomic E-state index is 12.8. The van der Waals surface area contributed by atoms with Crippen LogP contribution in [-0.2, 0) is 11.3 Å². The number of likely N-dealkylation sites (tertiary alicyclic amines) is 1. The summed E-state index contributed by atoms with van der Waals surface area (Å²) in [6.07, 6.45) is 3.31. The van der Waals surface area contributed by atoms with Crippen molar-refractivity contribution in [3.63, 3.8) is 0 Å². The maximum absolute atomic E-state index is 12.8. The zero-order chi connectivity index (χ0) is 21.5. The first kappa shape index (κ1) is 22.2. The van der Waals surface area contributed by atoms with E-state index >= 15 is 0 Å². The van der Waals surface area contributed by atoms with E-state index in [-0.39, 0.29) is 17.7 Å². The van der Waals surface area contributed by atoms with E-state index in [0.717, 1.165) is 44.6 Å². The van der Waals surface area contributed by atoms with E-state index in [2.05, 4.69) is 52.5 Å². The lowest BCUT2D eigenvalue weighted by molar-refractivity contribution is -0.120. The number of amides is 1. The molecule has 0 bridgehead atoms. The minimum absolute atomic E-state index is 0.00154. The molecule has 1 amide bonds. The van der Waals surface area contributed by atoms with Crippen LogP contribution in [0.15, 0.2) is 54.6 Å². The van der Waals surface area contributed by atoms with Crippen molar-refractivity contribution in [1.82, 2.24) is 9.80 Å². The Morgan fingerprint density at radius 2 is 1.77 bits per heavy atom. The molecule has 0 aliphatic carbocycles. The molecule has 1 aliphatic heterocycles. The molecule has 1 saturated heterocycles. The van der Waals surface area contributed by atoms with Gasteiger partial charge in [0, 0.05) is 30.4 Å². The SMILES string of the molecule is CC(=O)c1ccc(NC(=O)[C@H](C)N2CCC[C@H](N(C)Cc3ccccc3)CC2)cc1. The molecule has 160 valence electrons. The first-order chi connectivity index (χ1) is 14.4. The van der Waals surface area contributed by atoms with Gasteiger partial charge in [-0.2, -0.15) is 0 Å². The van der Waals surface area contributed by atoms with Crippen molar-refractivity contribution in [3.05, 3.63) is 65.7 Å². The van der Waals surface area contributed by atoms with Gasteiger partial charge in [-0.1, -0.05) is 30.3 Å². The average molecular weight is 408 g/mol. The fourth-order valence-electron chi connectivity index (χ4n) is 4.13. The number of carbonyl (C=O) groups excluding carboxylic acids is 2. The van der Waals surface area contributed by atoms with Crippen molar-refractivity contribution in [2.45, 2.75) is 51.7 Å². The van der Waals surface area contributed by atoms with Crippen LogP contribution in [0.3, 0.4) is 0 Å². The molecule has 30 heavy (non-hydrogen) atoms. The van der Waals surface area contributed by atoms with Crippen LogP contribution < -0.4 is 5.32 Å². The Kier molecular flexibility index (Phi) is 7.77. The maximum Gasteiger partial charge on any atom is 0.241 e. The van der Waals surface area contributed by atoms with Gasteiger partial charge in [-0.25, -0.2) is 0 Å². The van der Waals surface area contributed by atoms with Gasteiger partial charge >= 0.3 is 0 Å². The number of nitrogens with zero attached hydrogens (tertiary/aromatic N) is 2. The lowest BCUT2D eigenvalue weighted by Gasteiger charge is -2.29. The van der Waals surface area contributed by atoms with Crippen LogP contribution in [-0.4, -0.2) is 53.7 Å². The highest BCUT2D eigenvalue weighted by molar-refractivity contribution is 5.96. The van der Waals surface area contributed by atoms with E-state index in [9.17, 15) is 9.59 Å². The number of hydrogen-bond donors (Lipinski definition) is 1. The quantitative estimate of drug-likeness (QED) is 0.699. The van der Waals surface area contributed by atoms with Gasteiger partial charge in [0.15, 0.2) is 5.78 Å². The molecule has 5 nitrogen and oxygen atoms in total. The topological polar surface area (TPSA) is 52.7 Å². The Balaban J connectivity index is 1.52. The second-order valence-electron chi connectivity index (χ2n) is 8.32. The van der Waals surface area contributed by atoms with Gasteiger partial charge in [0.2, 0.25) is 5.91 Å². The van der Waals surface area contributed by atoms with E-state index in [1.165, 1.54) is 5.56 Å². The standard InChI is InChI=1S/C25H33N3O2/c1-19(25(30)26-23-13-11-22(12-14-23)20(2)29)28-16-7-10-24(15-17-28)27(3)18-21-8-5-4-6-9-21/h4-6,8-9,11-14,19,24H,7,10,15-18H2,1-3H3,(H,26,30)/t19-,24-/m0/s1. The van der Waals surface area contributed by atoms with E-state index in [0.29, 0.717) is 11.6 Å². The Bertz CT molecular complexity index is 835. The summed E-state index contributed by atoms with van der Waals surface area (Å²) in [7, 11) is 2.20. The highest BCUT2D eigenvalue weighted by Gasteiger charge is 2.26. The fourth-order valence-corrected chi connectivity index (χ4v) is 4.13. The smallest absolute Gasteiger partial charge is 0.241 e. The Morgan fingerprint density at radius 1 is 1.07 bits per heavy atom. The average Bonchev–Trinajstić information content (AvgIpc) is 3.00. The molecule has 1 heterocycles. The molecule has 3 rings (SSSR count).